The summed E-state index contributed by atoms with van der Waals surface area (Å²) in [5, 5.41) is 0. The van der Waals surface area contributed by atoms with Gasteiger partial charge in [0.15, 0.2) is 0 Å². The van der Waals surface area contributed by atoms with Gasteiger partial charge in [-0.15, -0.1) is 0 Å². The van der Waals surface area contributed by atoms with Crippen molar-refractivity contribution in [1.29, 1.82) is 0 Å². The van der Waals surface area contributed by atoms with Gasteiger partial charge < -0.3 is 10.3 Å². The summed E-state index contributed by atoms with van der Waals surface area (Å²) in [5.74, 6) is 2.05. The van der Waals surface area contributed by atoms with Crippen LogP contribution < -0.4 is 5.73 Å². The third-order valence-electron chi connectivity index (χ3n) is 2.71. The minimum Gasteiger partial charge on any atom is -0.331 e. The summed E-state index contributed by atoms with van der Waals surface area (Å²) >= 11 is 1.78. The molecule has 1 atom stereocenters. The van der Waals surface area contributed by atoms with Crippen LogP contribution >= 0.6 is 11.8 Å². The molecule has 0 aliphatic rings. The van der Waals surface area contributed by atoms with Crippen LogP contribution in [0.2, 0.25) is 0 Å². The Hall–Kier alpha value is -1.00. The first kappa shape index (κ1) is 11.5. The van der Waals surface area contributed by atoms with Crippen LogP contribution in [0.4, 0.5) is 0 Å². The second kappa shape index (κ2) is 4.89. The maximum absolute atomic E-state index is 6.03. The maximum Gasteiger partial charge on any atom is 0.111 e. The van der Waals surface area contributed by atoms with Crippen LogP contribution in [-0.4, -0.2) is 27.6 Å². The van der Waals surface area contributed by atoms with E-state index in [-0.39, 0.29) is 6.04 Å². The molecule has 1 heterocycles. The number of nitrogens with zero attached hydrogens (tertiary/aromatic N) is 2. The van der Waals surface area contributed by atoms with Crippen LogP contribution in [0.15, 0.2) is 24.3 Å². The quantitative estimate of drug-likeness (QED) is 0.879. The topological polar surface area (TPSA) is 43.8 Å². The van der Waals surface area contributed by atoms with Gasteiger partial charge in [0, 0.05) is 25.3 Å². The molecule has 1 unspecified atom stereocenters. The molecule has 0 aliphatic heterocycles. The molecule has 0 radical (unpaired) electrons. The van der Waals surface area contributed by atoms with Gasteiger partial charge >= 0.3 is 0 Å². The second-order valence-electron chi connectivity index (χ2n) is 4.00. The number of thioether (sulfide) groups is 1. The van der Waals surface area contributed by atoms with Crippen molar-refractivity contribution >= 4 is 22.8 Å². The summed E-state index contributed by atoms with van der Waals surface area (Å²) in [7, 11) is 2.05. The van der Waals surface area contributed by atoms with E-state index in [1.807, 2.05) is 18.2 Å². The van der Waals surface area contributed by atoms with Crippen molar-refractivity contribution in [2.24, 2.45) is 12.8 Å². The Bertz CT molecular complexity index is 478. The summed E-state index contributed by atoms with van der Waals surface area (Å²) in [4.78, 5) is 4.61. The highest BCUT2D eigenvalue weighted by Gasteiger charge is 2.10. The molecule has 2 rings (SSSR count). The lowest BCUT2D eigenvalue weighted by Crippen LogP contribution is -2.26. The Morgan fingerprint density at radius 1 is 1.44 bits per heavy atom. The number of hydrogen-bond acceptors (Lipinski definition) is 3. The van der Waals surface area contributed by atoms with Crippen LogP contribution in [0, 0.1) is 0 Å². The molecule has 0 spiro atoms. The average Bonchev–Trinajstić information content (AvgIpc) is 2.57. The molecule has 0 fully saturated rings. The van der Waals surface area contributed by atoms with E-state index in [0.717, 1.165) is 23.5 Å². The lowest BCUT2D eigenvalue weighted by atomic mass is 10.2. The van der Waals surface area contributed by atoms with Gasteiger partial charge in [-0.2, -0.15) is 11.8 Å². The van der Waals surface area contributed by atoms with Crippen molar-refractivity contribution < 1.29 is 0 Å². The van der Waals surface area contributed by atoms with E-state index in [2.05, 4.69) is 28.9 Å². The van der Waals surface area contributed by atoms with Crippen LogP contribution in [-0.2, 0) is 13.5 Å². The fourth-order valence-corrected chi connectivity index (χ4v) is 2.43. The number of benzene rings is 1. The monoisotopic (exact) mass is 235 g/mol. The third kappa shape index (κ3) is 2.23. The predicted molar refractivity (Wildman–Crippen MR) is 70.8 cm³/mol. The molecule has 86 valence electrons. The summed E-state index contributed by atoms with van der Waals surface area (Å²) in [6, 6.07) is 8.37. The Labute approximate surface area is 100 Å². The van der Waals surface area contributed by atoms with Gasteiger partial charge in [0.1, 0.15) is 5.82 Å². The highest BCUT2D eigenvalue weighted by Crippen LogP contribution is 2.15. The molecule has 0 bridgehead atoms. The van der Waals surface area contributed by atoms with E-state index in [4.69, 9.17) is 5.73 Å². The second-order valence-corrected chi connectivity index (χ2v) is 4.91. The Morgan fingerprint density at radius 2 is 2.19 bits per heavy atom. The lowest BCUT2D eigenvalue weighted by Gasteiger charge is -2.09. The number of para-hydroxylation sites is 2. The fraction of sp³-hybridized carbons (Fsp3) is 0.417. The largest absolute Gasteiger partial charge is 0.331 e. The van der Waals surface area contributed by atoms with Gasteiger partial charge in [-0.1, -0.05) is 12.1 Å². The lowest BCUT2D eigenvalue weighted by molar-refractivity contribution is 0.685. The number of imidazole rings is 1. The molecule has 2 N–H and O–H groups in total. The third-order valence-corrected chi connectivity index (χ3v) is 3.47. The van der Waals surface area contributed by atoms with Gasteiger partial charge in [-0.3, -0.25) is 0 Å². The van der Waals surface area contributed by atoms with E-state index < -0.39 is 0 Å². The number of rotatable bonds is 4. The molecule has 1 aromatic heterocycles. The van der Waals surface area contributed by atoms with E-state index in [9.17, 15) is 0 Å². The molecule has 0 aliphatic carbocycles. The minimum absolute atomic E-state index is 0.186. The minimum atomic E-state index is 0.186. The number of aromatic nitrogens is 2. The van der Waals surface area contributed by atoms with Gasteiger partial charge in [-0.25, -0.2) is 4.98 Å². The fourth-order valence-electron chi connectivity index (χ4n) is 1.89. The number of aryl methyl sites for hydroxylation is 1. The first-order valence-corrected chi connectivity index (χ1v) is 6.76. The molecule has 3 nitrogen and oxygen atoms in total. The molecule has 0 saturated heterocycles. The number of hydrogen-bond donors (Lipinski definition) is 1. The Balaban J connectivity index is 2.27. The zero-order valence-electron chi connectivity index (χ0n) is 9.68. The predicted octanol–water partition coefficient (Wildman–Crippen LogP) is 1.81. The van der Waals surface area contributed by atoms with E-state index in [1.54, 1.807) is 11.8 Å². The zero-order chi connectivity index (χ0) is 11.5. The van der Waals surface area contributed by atoms with Crippen molar-refractivity contribution in [3.8, 4) is 0 Å². The van der Waals surface area contributed by atoms with Gasteiger partial charge in [0.05, 0.1) is 11.0 Å². The highest BCUT2D eigenvalue weighted by molar-refractivity contribution is 7.98. The molecular weight excluding hydrogens is 218 g/mol. The standard InChI is InChI=1S/C12H17N3S/c1-15-11-6-4-3-5-10(11)14-12(15)7-9(13)8-16-2/h3-6,9H,7-8,13H2,1-2H3. The Morgan fingerprint density at radius 3 is 2.88 bits per heavy atom. The summed E-state index contributed by atoms with van der Waals surface area (Å²) in [5.41, 5.74) is 8.26. The molecule has 16 heavy (non-hydrogen) atoms. The summed E-state index contributed by atoms with van der Waals surface area (Å²) in [6.07, 6.45) is 2.92. The Kier molecular flexibility index (Phi) is 3.51. The van der Waals surface area contributed by atoms with Crippen LogP contribution in [0.5, 0.6) is 0 Å². The first-order chi connectivity index (χ1) is 7.72. The van der Waals surface area contributed by atoms with Crippen molar-refractivity contribution in [3.05, 3.63) is 30.1 Å². The molecule has 2 aromatic rings. The molecule has 1 aromatic carbocycles. The van der Waals surface area contributed by atoms with Crippen molar-refractivity contribution in [2.45, 2.75) is 12.5 Å². The van der Waals surface area contributed by atoms with Crippen LogP contribution in [0.25, 0.3) is 11.0 Å². The van der Waals surface area contributed by atoms with E-state index in [0.29, 0.717) is 0 Å². The smallest absolute Gasteiger partial charge is 0.111 e. The molecule has 4 heteroatoms. The van der Waals surface area contributed by atoms with Gasteiger partial charge in [-0.05, 0) is 18.4 Å². The van der Waals surface area contributed by atoms with Gasteiger partial charge in [0.25, 0.3) is 0 Å². The van der Waals surface area contributed by atoms with Gasteiger partial charge in [0.2, 0.25) is 0 Å². The van der Waals surface area contributed by atoms with E-state index in [1.165, 1.54) is 5.52 Å². The summed E-state index contributed by atoms with van der Waals surface area (Å²) < 4.78 is 2.13. The van der Waals surface area contributed by atoms with Crippen molar-refractivity contribution in [1.82, 2.24) is 9.55 Å². The maximum atomic E-state index is 6.03. The molecular formula is C12H17N3S. The summed E-state index contributed by atoms with van der Waals surface area (Å²) in [6.45, 7) is 0. The number of nitrogens with two attached hydrogens (primary N) is 1. The first-order valence-electron chi connectivity index (χ1n) is 5.37. The SMILES string of the molecule is CSCC(N)Cc1nc2ccccc2n1C. The van der Waals surface area contributed by atoms with Crippen molar-refractivity contribution in [2.75, 3.05) is 12.0 Å². The molecule has 0 amide bonds. The van der Waals surface area contributed by atoms with Crippen LogP contribution in [0.3, 0.4) is 0 Å². The normalized spacial score (nSPS) is 13.2. The zero-order valence-corrected chi connectivity index (χ0v) is 10.5. The van der Waals surface area contributed by atoms with Crippen molar-refractivity contribution in [3.63, 3.8) is 0 Å². The molecule has 0 saturated carbocycles. The highest BCUT2D eigenvalue weighted by atomic mass is 32.2. The van der Waals surface area contributed by atoms with E-state index >= 15 is 0 Å². The average molecular weight is 235 g/mol. The number of fused-ring (bicyclic) bond motifs is 1. The van der Waals surface area contributed by atoms with Crippen LogP contribution in [0.1, 0.15) is 5.82 Å².